The first-order chi connectivity index (χ1) is 6.63. The van der Waals surface area contributed by atoms with Crippen LogP contribution in [0.15, 0.2) is 24.3 Å². The summed E-state index contributed by atoms with van der Waals surface area (Å²) in [5, 5.41) is 16.6. The van der Waals surface area contributed by atoms with Crippen LogP contribution in [-0.2, 0) is 9.59 Å². The monoisotopic (exact) mass is 198 g/mol. The van der Waals surface area contributed by atoms with Crippen molar-refractivity contribution < 1.29 is 19.8 Å². The highest BCUT2D eigenvalue weighted by Crippen LogP contribution is 1.94. The van der Waals surface area contributed by atoms with Crippen molar-refractivity contribution in [3.05, 3.63) is 24.3 Å². The molecule has 0 aliphatic heterocycles. The first-order valence-electron chi connectivity index (χ1n) is 4.36. The minimum Gasteiger partial charge on any atom is -0.481 e. The Morgan fingerprint density at radius 3 is 2.14 bits per heavy atom. The summed E-state index contributed by atoms with van der Waals surface area (Å²) >= 11 is 0. The van der Waals surface area contributed by atoms with Crippen LogP contribution >= 0.6 is 0 Å². The number of aliphatic carboxylic acids is 2. The Morgan fingerprint density at radius 1 is 0.929 bits per heavy atom. The number of carboxylic acids is 2. The van der Waals surface area contributed by atoms with Gasteiger partial charge in [0.25, 0.3) is 0 Å². The number of carboxylic acid groups (broad SMARTS) is 2. The molecule has 2 N–H and O–H groups in total. The number of carbonyl (C=O) groups is 2. The summed E-state index contributed by atoms with van der Waals surface area (Å²) in [5.41, 5.74) is 0. The van der Waals surface area contributed by atoms with E-state index >= 15 is 0 Å². The fourth-order valence-electron chi connectivity index (χ4n) is 0.780. The van der Waals surface area contributed by atoms with Crippen molar-refractivity contribution in [1.82, 2.24) is 0 Å². The molecule has 78 valence electrons. The maximum absolute atomic E-state index is 10.1. The Morgan fingerprint density at radius 2 is 1.57 bits per heavy atom. The lowest BCUT2D eigenvalue weighted by molar-refractivity contribution is -0.137. The second kappa shape index (κ2) is 8.04. The van der Waals surface area contributed by atoms with E-state index in [9.17, 15) is 9.59 Å². The van der Waals surface area contributed by atoms with Gasteiger partial charge in [-0.25, -0.2) is 0 Å². The maximum atomic E-state index is 10.1. The van der Waals surface area contributed by atoms with E-state index in [1.165, 1.54) is 0 Å². The quantitative estimate of drug-likeness (QED) is 0.612. The van der Waals surface area contributed by atoms with E-state index in [1.54, 1.807) is 18.2 Å². The molecule has 4 nitrogen and oxygen atoms in total. The zero-order chi connectivity index (χ0) is 10.8. The lowest BCUT2D eigenvalue weighted by Crippen LogP contribution is -1.91. The van der Waals surface area contributed by atoms with Gasteiger partial charge < -0.3 is 10.2 Å². The third-order valence-electron chi connectivity index (χ3n) is 1.42. The van der Waals surface area contributed by atoms with Crippen molar-refractivity contribution in [1.29, 1.82) is 0 Å². The molecule has 0 heterocycles. The smallest absolute Gasteiger partial charge is 0.307 e. The van der Waals surface area contributed by atoms with Crippen LogP contribution < -0.4 is 0 Å². The molecular weight excluding hydrogens is 184 g/mol. The molecule has 0 amide bonds. The van der Waals surface area contributed by atoms with Gasteiger partial charge in [-0.3, -0.25) is 9.59 Å². The molecule has 0 rings (SSSR count). The molecule has 0 aliphatic rings. The third kappa shape index (κ3) is 10.4. The normalized spacial score (nSPS) is 11.1. The SMILES string of the molecule is O=C(O)CC=CCC=CCCC(=O)O. The molecule has 0 radical (unpaired) electrons. The highest BCUT2D eigenvalue weighted by Gasteiger charge is 1.91. The van der Waals surface area contributed by atoms with Crippen LogP contribution in [0.25, 0.3) is 0 Å². The zero-order valence-electron chi connectivity index (χ0n) is 7.85. The number of allylic oxidation sites excluding steroid dienone is 3. The minimum absolute atomic E-state index is 0.0307. The number of hydrogen-bond donors (Lipinski definition) is 2. The second-order valence-electron chi connectivity index (χ2n) is 2.71. The summed E-state index contributed by atoms with van der Waals surface area (Å²) in [5.74, 6) is -1.66. The van der Waals surface area contributed by atoms with Crippen molar-refractivity contribution in [3.63, 3.8) is 0 Å². The van der Waals surface area contributed by atoms with Gasteiger partial charge in [-0.15, -0.1) is 0 Å². The Hall–Kier alpha value is -1.58. The van der Waals surface area contributed by atoms with Gasteiger partial charge in [-0.2, -0.15) is 0 Å². The molecule has 0 aliphatic carbocycles. The van der Waals surface area contributed by atoms with Crippen LogP contribution in [0.2, 0.25) is 0 Å². The van der Waals surface area contributed by atoms with Crippen LogP contribution in [0.1, 0.15) is 25.7 Å². The van der Waals surface area contributed by atoms with Crippen molar-refractivity contribution >= 4 is 11.9 Å². The highest BCUT2D eigenvalue weighted by molar-refractivity contribution is 5.68. The van der Waals surface area contributed by atoms with Gasteiger partial charge >= 0.3 is 11.9 Å². The summed E-state index contributed by atoms with van der Waals surface area (Å²) < 4.78 is 0. The van der Waals surface area contributed by atoms with Crippen LogP contribution in [-0.4, -0.2) is 22.2 Å². The molecule has 0 atom stereocenters. The van der Waals surface area contributed by atoms with Gasteiger partial charge in [-0.1, -0.05) is 24.3 Å². The first-order valence-corrected chi connectivity index (χ1v) is 4.36. The number of hydrogen-bond acceptors (Lipinski definition) is 2. The topological polar surface area (TPSA) is 74.6 Å². The Balaban J connectivity index is 3.39. The molecule has 4 heteroatoms. The van der Waals surface area contributed by atoms with Gasteiger partial charge in [0.05, 0.1) is 6.42 Å². The molecule has 14 heavy (non-hydrogen) atoms. The largest absolute Gasteiger partial charge is 0.481 e. The minimum atomic E-state index is -0.851. The fraction of sp³-hybridized carbons (Fsp3) is 0.400. The van der Waals surface area contributed by atoms with E-state index in [1.807, 2.05) is 6.08 Å². The Kier molecular flexibility index (Phi) is 7.13. The fourth-order valence-corrected chi connectivity index (χ4v) is 0.780. The zero-order valence-corrected chi connectivity index (χ0v) is 7.85. The van der Waals surface area contributed by atoms with Gasteiger partial charge in [0, 0.05) is 6.42 Å². The van der Waals surface area contributed by atoms with Gasteiger partial charge in [0.15, 0.2) is 0 Å². The average molecular weight is 198 g/mol. The van der Waals surface area contributed by atoms with E-state index in [0.29, 0.717) is 12.8 Å². The predicted molar refractivity (Wildman–Crippen MR) is 52.0 cm³/mol. The molecule has 0 aromatic carbocycles. The van der Waals surface area contributed by atoms with E-state index < -0.39 is 11.9 Å². The molecule has 0 spiro atoms. The van der Waals surface area contributed by atoms with Crippen LogP contribution in [0, 0.1) is 0 Å². The van der Waals surface area contributed by atoms with E-state index in [0.717, 1.165) is 0 Å². The van der Waals surface area contributed by atoms with Crippen LogP contribution in [0.3, 0.4) is 0 Å². The Labute approximate surface area is 82.6 Å². The van der Waals surface area contributed by atoms with Gasteiger partial charge in [0.2, 0.25) is 0 Å². The maximum Gasteiger partial charge on any atom is 0.307 e. The van der Waals surface area contributed by atoms with E-state index in [4.69, 9.17) is 10.2 Å². The summed E-state index contributed by atoms with van der Waals surface area (Å²) in [7, 11) is 0. The first kappa shape index (κ1) is 12.4. The van der Waals surface area contributed by atoms with Crippen molar-refractivity contribution in [2.75, 3.05) is 0 Å². The summed E-state index contributed by atoms with van der Waals surface area (Å²) in [6.07, 6.45) is 8.24. The predicted octanol–water partition coefficient (Wildman–Crippen LogP) is 1.83. The van der Waals surface area contributed by atoms with Crippen LogP contribution in [0.4, 0.5) is 0 Å². The van der Waals surface area contributed by atoms with Crippen molar-refractivity contribution in [2.24, 2.45) is 0 Å². The molecular formula is C10H14O4. The van der Waals surface area contributed by atoms with Crippen LogP contribution in [0.5, 0.6) is 0 Å². The second-order valence-corrected chi connectivity index (χ2v) is 2.71. The lowest BCUT2D eigenvalue weighted by Gasteiger charge is -1.86. The number of rotatable bonds is 7. The summed E-state index contributed by atoms with van der Waals surface area (Å²) in [6.45, 7) is 0. The molecule has 0 unspecified atom stereocenters. The summed E-state index contributed by atoms with van der Waals surface area (Å²) in [6, 6.07) is 0. The Bertz CT molecular complexity index is 241. The molecule has 0 saturated heterocycles. The van der Waals surface area contributed by atoms with Crippen molar-refractivity contribution in [3.8, 4) is 0 Å². The standard InChI is InChI=1S/C10H14O4/c11-9(12)7-5-3-1-2-4-6-8-10(13)14/h1,3-4,6H,2,5,7-8H2,(H,11,12)(H,13,14). The van der Waals surface area contributed by atoms with Gasteiger partial charge in [0.1, 0.15) is 0 Å². The summed E-state index contributed by atoms with van der Waals surface area (Å²) in [4.78, 5) is 20.2. The van der Waals surface area contributed by atoms with Gasteiger partial charge in [-0.05, 0) is 12.8 Å². The molecule has 0 aromatic heterocycles. The molecule has 0 saturated carbocycles. The average Bonchev–Trinajstić information content (AvgIpc) is 2.08. The molecule has 0 aromatic rings. The van der Waals surface area contributed by atoms with Crippen molar-refractivity contribution in [2.45, 2.75) is 25.7 Å². The molecule has 0 bridgehead atoms. The molecule has 0 fully saturated rings. The van der Waals surface area contributed by atoms with E-state index in [-0.39, 0.29) is 12.8 Å². The van der Waals surface area contributed by atoms with E-state index in [2.05, 4.69) is 0 Å². The third-order valence-corrected chi connectivity index (χ3v) is 1.42. The highest BCUT2D eigenvalue weighted by atomic mass is 16.4. The lowest BCUT2D eigenvalue weighted by atomic mass is 10.2.